The van der Waals surface area contributed by atoms with Crippen molar-refractivity contribution in [2.45, 2.75) is 135 Å². The predicted octanol–water partition coefficient (Wildman–Crippen LogP) is 6.78. The lowest BCUT2D eigenvalue weighted by Gasteiger charge is -2.30. The second-order valence-corrected chi connectivity index (χ2v) is 12.8. The minimum atomic E-state index is -0.644. The molecule has 0 spiro atoms. The van der Waals surface area contributed by atoms with E-state index in [9.17, 15) is 9.90 Å². The number of hydrogen-bond donors (Lipinski definition) is 1. The Hall–Kier alpha value is -1.63. The van der Waals surface area contributed by atoms with Gasteiger partial charge >= 0.3 is 5.97 Å². The number of carbonyl (C=O) groups excluding carboxylic acids is 1. The fourth-order valence-electron chi connectivity index (χ4n) is 6.67. The molecule has 1 heterocycles. The Balaban J connectivity index is 1.32. The van der Waals surface area contributed by atoms with Crippen molar-refractivity contribution in [1.29, 1.82) is 0 Å². The van der Waals surface area contributed by atoms with Crippen LogP contribution in [0.4, 0.5) is 0 Å². The van der Waals surface area contributed by atoms with Crippen LogP contribution in [-0.2, 0) is 31.8 Å². The lowest BCUT2D eigenvalue weighted by Crippen LogP contribution is -2.31. The van der Waals surface area contributed by atoms with Gasteiger partial charge in [-0.2, -0.15) is 0 Å². The van der Waals surface area contributed by atoms with E-state index in [0.29, 0.717) is 11.8 Å². The minimum Gasteiger partial charge on any atom is -0.482 e. The summed E-state index contributed by atoms with van der Waals surface area (Å²) in [5.41, 5.74) is 1.84. The lowest BCUT2D eigenvalue weighted by atomic mass is 9.77. The number of aliphatic hydroxyl groups is 1. The van der Waals surface area contributed by atoms with Crippen LogP contribution in [0.1, 0.15) is 109 Å². The largest absolute Gasteiger partial charge is 0.482 e. The van der Waals surface area contributed by atoms with Gasteiger partial charge < -0.3 is 24.1 Å². The molecule has 1 saturated heterocycles. The van der Waals surface area contributed by atoms with Crippen LogP contribution in [0.3, 0.4) is 0 Å². The Bertz CT molecular complexity index is 909. The summed E-state index contributed by atoms with van der Waals surface area (Å²) in [6.45, 7) is 8.95. The Labute approximate surface area is 236 Å². The molecule has 4 rings (SSSR count). The van der Waals surface area contributed by atoms with Crippen molar-refractivity contribution >= 4 is 5.97 Å². The lowest BCUT2D eigenvalue weighted by molar-refractivity contribution is -0.192. The number of fused-ring (bicyclic) bond motifs is 2. The summed E-state index contributed by atoms with van der Waals surface area (Å²) in [5, 5.41) is 11.7. The zero-order valence-corrected chi connectivity index (χ0v) is 24.8. The highest BCUT2D eigenvalue weighted by atomic mass is 16.7. The number of unbranched alkanes of at least 4 members (excludes halogenated alkanes) is 2. The van der Waals surface area contributed by atoms with E-state index >= 15 is 0 Å². The van der Waals surface area contributed by atoms with E-state index in [0.717, 1.165) is 70.1 Å². The van der Waals surface area contributed by atoms with E-state index in [1.54, 1.807) is 0 Å². The van der Waals surface area contributed by atoms with Gasteiger partial charge in [-0.1, -0.05) is 52.2 Å². The van der Waals surface area contributed by atoms with Crippen LogP contribution < -0.4 is 4.74 Å². The average Bonchev–Trinajstić information content (AvgIpc) is 3.25. The third-order valence-electron chi connectivity index (χ3n) is 9.27. The molecule has 1 N–H and O–H groups in total. The van der Waals surface area contributed by atoms with Gasteiger partial charge in [-0.25, -0.2) is 4.79 Å². The average molecular weight is 545 g/mol. The first-order valence-electron chi connectivity index (χ1n) is 15.7. The number of carbonyl (C=O) groups is 1. The molecule has 6 atom stereocenters. The molecule has 1 aromatic carbocycles. The number of benzene rings is 1. The van der Waals surface area contributed by atoms with E-state index in [-0.39, 0.29) is 37.0 Å². The number of esters is 1. The smallest absolute Gasteiger partial charge is 0.344 e. The first kappa shape index (κ1) is 30.3. The number of hydrogen-bond acceptors (Lipinski definition) is 6. The van der Waals surface area contributed by atoms with Crippen molar-refractivity contribution in [3.63, 3.8) is 0 Å². The highest BCUT2D eigenvalue weighted by Gasteiger charge is 2.46. The summed E-state index contributed by atoms with van der Waals surface area (Å²) in [6.07, 6.45) is 13.0. The Morgan fingerprint density at radius 3 is 2.62 bits per heavy atom. The summed E-state index contributed by atoms with van der Waals surface area (Å²) in [6, 6.07) is 6.16. The monoisotopic (exact) mass is 544 g/mol. The van der Waals surface area contributed by atoms with Gasteiger partial charge in [0, 0.05) is 6.61 Å². The molecule has 1 aliphatic heterocycles. The fourth-order valence-corrected chi connectivity index (χ4v) is 6.67. The van der Waals surface area contributed by atoms with Gasteiger partial charge in [-0.05, 0) is 106 Å². The molecule has 0 radical (unpaired) electrons. The van der Waals surface area contributed by atoms with E-state index < -0.39 is 5.60 Å². The van der Waals surface area contributed by atoms with Gasteiger partial charge in [0.05, 0.1) is 11.7 Å². The molecule has 3 aliphatic rings. The maximum Gasteiger partial charge on any atom is 0.344 e. The van der Waals surface area contributed by atoms with Crippen molar-refractivity contribution in [2.24, 2.45) is 17.8 Å². The van der Waals surface area contributed by atoms with Crippen LogP contribution in [0.2, 0.25) is 0 Å². The van der Waals surface area contributed by atoms with Gasteiger partial charge in [0.15, 0.2) is 12.9 Å². The SMILES string of the molecule is CCCCC[C@H](CC[C@]1(O)C[C@H]2Cc3cccc(OCC(=O)OC(C)C(C)C)c3C[C@H]2C1)OC1CCCCO1. The zero-order valence-electron chi connectivity index (χ0n) is 24.8. The molecule has 1 saturated carbocycles. The summed E-state index contributed by atoms with van der Waals surface area (Å²) < 4.78 is 23.8. The van der Waals surface area contributed by atoms with Crippen LogP contribution in [0.5, 0.6) is 5.75 Å². The summed E-state index contributed by atoms with van der Waals surface area (Å²) >= 11 is 0. The van der Waals surface area contributed by atoms with Crippen molar-refractivity contribution < 1.29 is 28.8 Å². The minimum absolute atomic E-state index is 0.0737. The van der Waals surface area contributed by atoms with E-state index in [2.05, 4.69) is 13.0 Å². The van der Waals surface area contributed by atoms with E-state index in [1.165, 1.54) is 36.8 Å². The van der Waals surface area contributed by atoms with Gasteiger partial charge in [-0.15, -0.1) is 0 Å². The van der Waals surface area contributed by atoms with Crippen LogP contribution in [0.25, 0.3) is 0 Å². The summed E-state index contributed by atoms with van der Waals surface area (Å²) in [5.74, 6) is 1.65. The number of ether oxygens (including phenoxy) is 4. The van der Waals surface area contributed by atoms with Crippen molar-refractivity contribution in [3.05, 3.63) is 29.3 Å². The van der Waals surface area contributed by atoms with Crippen LogP contribution >= 0.6 is 0 Å². The van der Waals surface area contributed by atoms with Gasteiger partial charge in [0.2, 0.25) is 0 Å². The first-order valence-corrected chi connectivity index (χ1v) is 15.7. The Morgan fingerprint density at radius 1 is 1.10 bits per heavy atom. The van der Waals surface area contributed by atoms with E-state index in [4.69, 9.17) is 18.9 Å². The highest BCUT2D eigenvalue weighted by Crippen LogP contribution is 2.49. The molecule has 2 fully saturated rings. The molecule has 0 amide bonds. The number of rotatable bonds is 14. The quantitative estimate of drug-likeness (QED) is 0.206. The zero-order chi connectivity index (χ0) is 27.8. The molecule has 0 aromatic heterocycles. The molecule has 220 valence electrons. The Morgan fingerprint density at radius 2 is 1.90 bits per heavy atom. The maximum absolute atomic E-state index is 12.3. The van der Waals surface area contributed by atoms with Crippen molar-refractivity contribution in [2.75, 3.05) is 13.2 Å². The highest BCUT2D eigenvalue weighted by molar-refractivity contribution is 5.71. The third-order valence-corrected chi connectivity index (χ3v) is 9.27. The predicted molar refractivity (Wildman–Crippen MR) is 153 cm³/mol. The molecular formula is C33H52O6. The second kappa shape index (κ2) is 14.3. The summed E-state index contributed by atoms with van der Waals surface area (Å²) in [4.78, 5) is 12.3. The van der Waals surface area contributed by atoms with Crippen molar-refractivity contribution in [1.82, 2.24) is 0 Å². The standard InChI is InChI=1S/C33H52O6/c1-5-6-7-12-28(39-32-14-8-9-17-36-32)15-16-33(35)20-26-18-25-11-10-13-30(29(25)19-27(26)21-33)37-22-31(34)38-24(4)23(2)3/h10-11,13,23-24,26-28,32,35H,5-9,12,14-22H2,1-4H3/t24?,26-,27+,28-,32?,33+/m1/s1. The molecule has 1 aromatic rings. The first-order chi connectivity index (χ1) is 18.8. The molecule has 6 heteroatoms. The molecular weight excluding hydrogens is 492 g/mol. The normalized spacial score (nSPS) is 28.0. The fraction of sp³-hybridized carbons (Fsp3) is 0.788. The molecule has 2 unspecified atom stereocenters. The van der Waals surface area contributed by atoms with Gasteiger partial charge in [-0.3, -0.25) is 0 Å². The maximum atomic E-state index is 12.3. The molecule has 2 aliphatic carbocycles. The Kier molecular flexibility index (Phi) is 11.1. The molecule has 6 nitrogen and oxygen atoms in total. The van der Waals surface area contributed by atoms with Crippen LogP contribution in [0.15, 0.2) is 18.2 Å². The molecule has 0 bridgehead atoms. The second-order valence-electron chi connectivity index (χ2n) is 12.8. The topological polar surface area (TPSA) is 74.2 Å². The van der Waals surface area contributed by atoms with Crippen molar-refractivity contribution in [3.8, 4) is 5.75 Å². The van der Waals surface area contributed by atoms with E-state index in [1.807, 2.05) is 32.9 Å². The summed E-state index contributed by atoms with van der Waals surface area (Å²) in [7, 11) is 0. The molecule has 39 heavy (non-hydrogen) atoms. The van der Waals surface area contributed by atoms with Crippen LogP contribution in [0, 0.1) is 17.8 Å². The van der Waals surface area contributed by atoms with Crippen LogP contribution in [-0.4, -0.2) is 48.4 Å². The third kappa shape index (κ3) is 8.68. The van der Waals surface area contributed by atoms with Gasteiger partial charge in [0.25, 0.3) is 0 Å². The van der Waals surface area contributed by atoms with Gasteiger partial charge in [0.1, 0.15) is 11.9 Å².